The van der Waals surface area contributed by atoms with Gasteiger partial charge in [0.2, 0.25) is 5.91 Å². The van der Waals surface area contributed by atoms with Crippen molar-refractivity contribution in [2.45, 2.75) is 6.92 Å². The Labute approximate surface area is 156 Å². The largest absolute Gasteiger partial charge is 0.493 e. The van der Waals surface area contributed by atoms with Crippen LogP contribution in [0.2, 0.25) is 5.02 Å². The predicted octanol–water partition coefficient (Wildman–Crippen LogP) is 3.47. The zero-order chi connectivity index (χ0) is 19.1. The van der Waals surface area contributed by atoms with Crippen LogP contribution in [0.1, 0.15) is 12.5 Å². The van der Waals surface area contributed by atoms with Crippen LogP contribution >= 0.6 is 11.6 Å². The zero-order valence-electron chi connectivity index (χ0n) is 14.6. The first-order valence-electron chi connectivity index (χ1n) is 7.71. The Kier molecular flexibility index (Phi) is 6.63. The van der Waals surface area contributed by atoms with Crippen molar-refractivity contribution in [1.29, 1.82) is 0 Å². The average Bonchev–Trinajstić information content (AvgIpc) is 2.62. The maximum Gasteiger partial charge on any atom is 0.272 e. The van der Waals surface area contributed by atoms with Gasteiger partial charge in [-0.05, 0) is 35.9 Å². The van der Waals surface area contributed by atoms with Gasteiger partial charge in [-0.1, -0.05) is 29.8 Å². The molecule has 0 bridgehead atoms. The quantitative estimate of drug-likeness (QED) is 0.759. The summed E-state index contributed by atoms with van der Waals surface area (Å²) >= 11 is 6.06. The molecular weight excluding hydrogens is 356 g/mol. The van der Waals surface area contributed by atoms with E-state index in [4.69, 9.17) is 21.1 Å². The topological polar surface area (TPSA) is 76.7 Å². The Morgan fingerprint density at radius 2 is 1.73 bits per heavy atom. The van der Waals surface area contributed by atoms with E-state index in [1.807, 2.05) is 0 Å². The lowest BCUT2D eigenvalue weighted by molar-refractivity contribution is -0.120. The Balaban J connectivity index is 2.34. The first kappa shape index (κ1) is 19.3. The molecule has 0 aromatic heterocycles. The summed E-state index contributed by atoms with van der Waals surface area (Å²) in [7, 11) is 3.05. The molecule has 2 aromatic carbocycles. The van der Waals surface area contributed by atoms with Gasteiger partial charge in [-0.25, -0.2) is 0 Å². The summed E-state index contributed by atoms with van der Waals surface area (Å²) in [6, 6.07) is 12.0. The van der Waals surface area contributed by atoms with Gasteiger partial charge in [-0.15, -0.1) is 0 Å². The van der Waals surface area contributed by atoms with E-state index in [-0.39, 0.29) is 11.6 Å². The number of para-hydroxylation sites is 1. The first-order valence-corrected chi connectivity index (χ1v) is 8.09. The minimum Gasteiger partial charge on any atom is -0.493 e. The molecule has 0 unspecified atom stereocenters. The van der Waals surface area contributed by atoms with Crippen LogP contribution in [0.4, 0.5) is 5.69 Å². The molecule has 0 aliphatic heterocycles. The lowest BCUT2D eigenvalue weighted by Crippen LogP contribution is -2.29. The smallest absolute Gasteiger partial charge is 0.272 e. The van der Waals surface area contributed by atoms with Gasteiger partial charge in [0, 0.05) is 6.92 Å². The third kappa shape index (κ3) is 5.00. The van der Waals surface area contributed by atoms with Crippen molar-refractivity contribution >= 4 is 35.2 Å². The van der Waals surface area contributed by atoms with E-state index in [1.165, 1.54) is 27.2 Å². The van der Waals surface area contributed by atoms with Gasteiger partial charge in [0.1, 0.15) is 5.70 Å². The van der Waals surface area contributed by atoms with Crippen LogP contribution in [-0.4, -0.2) is 26.0 Å². The summed E-state index contributed by atoms with van der Waals surface area (Å²) in [5, 5.41) is 5.60. The molecule has 2 amide bonds. The number of amides is 2. The highest BCUT2D eigenvalue weighted by Gasteiger charge is 2.14. The lowest BCUT2D eigenvalue weighted by Gasteiger charge is -2.12. The number of hydrogen-bond donors (Lipinski definition) is 2. The van der Waals surface area contributed by atoms with Crippen molar-refractivity contribution in [3.05, 3.63) is 58.7 Å². The second-order valence-electron chi connectivity index (χ2n) is 5.29. The van der Waals surface area contributed by atoms with E-state index in [2.05, 4.69) is 10.6 Å². The second kappa shape index (κ2) is 8.92. The van der Waals surface area contributed by atoms with Crippen molar-refractivity contribution in [2.75, 3.05) is 19.5 Å². The molecule has 2 rings (SSSR count). The number of hydrogen-bond acceptors (Lipinski definition) is 4. The molecule has 136 valence electrons. The molecule has 7 heteroatoms. The molecule has 2 N–H and O–H groups in total. The molecule has 26 heavy (non-hydrogen) atoms. The second-order valence-corrected chi connectivity index (χ2v) is 5.69. The lowest BCUT2D eigenvalue weighted by atomic mass is 10.1. The number of carbonyl (C=O) groups excluding carboxylic acids is 2. The highest BCUT2D eigenvalue weighted by Crippen LogP contribution is 2.28. The van der Waals surface area contributed by atoms with Gasteiger partial charge in [0.15, 0.2) is 11.5 Å². The maximum absolute atomic E-state index is 12.6. The molecule has 0 aliphatic carbocycles. The van der Waals surface area contributed by atoms with Crippen LogP contribution in [0, 0.1) is 0 Å². The SMILES string of the molecule is COc1ccc(C=C(NC(C)=O)C(=O)Nc2ccccc2Cl)cc1OC. The number of nitrogens with one attached hydrogen (secondary N) is 2. The standard InChI is InChI=1S/C19H19ClN2O4/c1-12(23)21-16(19(24)22-15-7-5-4-6-14(15)20)10-13-8-9-17(25-2)18(11-13)26-3/h4-11H,1-3H3,(H,21,23)(H,22,24). The van der Waals surface area contributed by atoms with Crippen LogP contribution in [0.5, 0.6) is 11.5 Å². The summed E-state index contributed by atoms with van der Waals surface area (Å²) in [5.41, 5.74) is 1.17. The summed E-state index contributed by atoms with van der Waals surface area (Å²) in [6.07, 6.45) is 1.54. The highest BCUT2D eigenvalue weighted by molar-refractivity contribution is 6.34. The Bertz CT molecular complexity index is 849. The first-order chi connectivity index (χ1) is 12.4. The number of halogens is 1. The summed E-state index contributed by atoms with van der Waals surface area (Å²) in [5.74, 6) is 0.204. The van der Waals surface area contributed by atoms with Gasteiger partial charge in [-0.3, -0.25) is 9.59 Å². The predicted molar refractivity (Wildman–Crippen MR) is 101 cm³/mol. The van der Waals surface area contributed by atoms with Crippen molar-refractivity contribution < 1.29 is 19.1 Å². The van der Waals surface area contributed by atoms with E-state index < -0.39 is 5.91 Å². The number of carbonyl (C=O) groups is 2. The van der Waals surface area contributed by atoms with Crippen LogP contribution in [0.15, 0.2) is 48.2 Å². The van der Waals surface area contributed by atoms with E-state index in [0.29, 0.717) is 27.8 Å². The van der Waals surface area contributed by atoms with Gasteiger partial charge in [0.05, 0.1) is 24.9 Å². The van der Waals surface area contributed by atoms with Gasteiger partial charge < -0.3 is 20.1 Å². The summed E-state index contributed by atoms with van der Waals surface area (Å²) < 4.78 is 10.4. The summed E-state index contributed by atoms with van der Waals surface area (Å²) in [4.78, 5) is 24.1. The van der Waals surface area contributed by atoms with Gasteiger partial charge >= 0.3 is 0 Å². The minimum absolute atomic E-state index is 0.0737. The van der Waals surface area contributed by atoms with Crippen LogP contribution in [-0.2, 0) is 9.59 Å². The van der Waals surface area contributed by atoms with Crippen molar-refractivity contribution in [3.63, 3.8) is 0 Å². The average molecular weight is 375 g/mol. The number of anilines is 1. The van der Waals surface area contributed by atoms with Gasteiger partial charge in [-0.2, -0.15) is 0 Å². The molecule has 0 fully saturated rings. The number of ether oxygens (including phenoxy) is 2. The molecule has 0 radical (unpaired) electrons. The number of benzene rings is 2. The fraction of sp³-hybridized carbons (Fsp3) is 0.158. The highest BCUT2D eigenvalue weighted by atomic mass is 35.5. The van der Waals surface area contributed by atoms with E-state index >= 15 is 0 Å². The van der Waals surface area contributed by atoms with Crippen LogP contribution in [0.25, 0.3) is 6.08 Å². The van der Waals surface area contributed by atoms with Crippen LogP contribution < -0.4 is 20.1 Å². The normalized spacial score (nSPS) is 10.8. The van der Waals surface area contributed by atoms with Crippen molar-refractivity contribution in [3.8, 4) is 11.5 Å². The van der Waals surface area contributed by atoms with Gasteiger partial charge in [0.25, 0.3) is 5.91 Å². The van der Waals surface area contributed by atoms with Crippen molar-refractivity contribution in [2.24, 2.45) is 0 Å². The molecular formula is C19H19ClN2O4. The third-order valence-corrected chi connectivity index (χ3v) is 3.73. The zero-order valence-corrected chi connectivity index (χ0v) is 15.4. The molecule has 0 atom stereocenters. The molecule has 6 nitrogen and oxygen atoms in total. The Morgan fingerprint density at radius 3 is 2.35 bits per heavy atom. The van der Waals surface area contributed by atoms with E-state index in [1.54, 1.807) is 42.5 Å². The number of rotatable bonds is 6. The van der Waals surface area contributed by atoms with Crippen molar-refractivity contribution in [1.82, 2.24) is 5.32 Å². The fourth-order valence-electron chi connectivity index (χ4n) is 2.21. The number of methoxy groups -OCH3 is 2. The maximum atomic E-state index is 12.6. The third-order valence-electron chi connectivity index (χ3n) is 3.40. The van der Waals surface area contributed by atoms with E-state index in [9.17, 15) is 9.59 Å². The fourth-order valence-corrected chi connectivity index (χ4v) is 2.39. The molecule has 0 spiro atoms. The monoisotopic (exact) mass is 374 g/mol. The minimum atomic E-state index is -0.497. The molecule has 0 saturated carbocycles. The van der Waals surface area contributed by atoms with E-state index in [0.717, 1.165) is 0 Å². The Morgan fingerprint density at radius 1 is 1.04 bits per heavy atom. The Hall–Kier alpha value is -2.99. The summed E-state index contributed by atoms with van der Waals surface area (Å²) in [6.45, 7) is 1.32. The molecule has 0 saturated heterocycles. The molecule has 0 aliphatic rings. The molecule has 0 heterocycles. The molecule has 2 aromatic rings. The van der Waals surface area contributed by atoms with Crippen LogP contribution in [0.3, 0.4) is 0 Å².